The second-order valence-corrected chi connectivity index (χ2v) is 21.9. The molecule has 0 aliphatic carbocycles. The zero-order chi connectivity index (χ0) is 47.0. The van der Waals surface area contributed by atoms with Crippen LogP contribution in [0.4, 0.5) is 0 Å². The van der Waals surface area contributed by atoms with Gasteiger partial charge in [-0.3, -0.25) is 0 Å². The van der Waals surface area contributed by atoms with E-state index in [0.717, 1.165) is 39.0 Å². The van der Waals surface area contributed by atoms with E-state index in [2.05, 4.69) is 223 Å². The molecule has 5 heterocycles. The Kier molecular flexibility index (Phi) is 8.62. The molecular weight excluding hydrogens is 933 g/mol. The van der Waals surface area contributed by atoms with E-state index in [-0.39, 0.29) is 0 Å². The Morgan fingerprint density at radius 2 is 0.819 bits per heavy atom. The molecule has 0 saturated carbocycles. The van der Waals surface area contributed by atoms with Gasteiger partial charge in [-0.05, 0) is 94.5 Å². The maximum Gasteiger partial charge on any atom is 0.164 e. The van der Waals surface area contributed by atoms with Crippen molar-refractivity contribution < 1.29 is 0 Å². The summed E-state index contributed by atoms with van der Waals surface area (Å²) >= 11 is 5.46. The van der Waals surface area contributed by atoms with Crippen LogP contribution in [-0.4, -0.2) is 19.5 Å². The number of nitrogens with zero attached hydrogens (tertiary/aromatic N) is 4. The molecule has 0 N–H and O–H groups in total. The topological polar surface area (TPSA) is 43.6 Å². The highest BCUT2D eigenvalue weighted by Gasteiger charge is 2.23. The maximum atomic E-state index is 5.53. The molecule has 7 heteroatoms. The van der Waals surface area contributed by atoms with Crippen molar-refractivity contribution in [3.63, 3.8) is 0 Å². The Morgan fingerprint density at radius 1 is 0.292 bits per heavy atom. The first-order valence-electron chi connectivity index (χ1n) is 24.2. The van der Waals surface area contributed by atoms with Crippen LogP contribution in [-0.2, 0) is 0 Å². The van der Waals surface area contributed by atoms with Crippen molar-refractivity contribution in [1.29, 1.82) is 0 Å². The van der Waals surface area contributed by atoms with Gasteiger partial charge in [-0.15, -0.1) is 34.0 Å². The summed E-state index contributed by atoms with van der Waals surface area (Å²) in [5, 5.41) is 14.5. The summed E-state index contributed by atoms with van der Waals surface area (Å²) in [5.74, 6) is 1.92. The Morgan fingerprint density at radius 3 is 1.51 bits per heavy atom. The van der Waals surface area contributed by atoms with Crippen LogP contribution in [0.1, 0.15) is 0 Å². The molecule has 4 nitrogen and oxygen atoms in total. The zero-order valence-electron chi connectivity index (χ0n) is 38.3. The van der Waals surface area contributed by atoms with E-state index in [1.165, 1.54) is 98.4 Å². The smallest absolute Gasteiger partial charge is 0.164 e. The fraction of sp³-hybridized carbons (Fsp3) is 0. The molecule has 0 atom stereocenters. The highest BCUT2D eigenvalue weighted by atomic mass is 32.1. The monoisotopic (exact) mass is 968 g/mol. The molecule has 16 aromatic rings. The third kappa shape index (κ3) is 5.99. The van der Waals surface area contributed by atoms with Crippen LogP contribution in [0.2, 0.25) is 0 Å². The molecule has 0 amide bonds. The molecule has 72 heavy (non-hydrogen) atoms. The molecule has 0 unspecified atom stereocenters. The Bertz CT molecular complexity index is 4820. The lowest BCUT2D eigenvalue weighted by Crippen LogP contribution is -2.02. The summed E-state index contributed by atoms with van der Waals surface area (Å²) in [7, 11) is 0. The van der Waals surface area contributed by atoms with Gasteiger partial charge in [0, 0.05) is 98.9 Å². The van der Waals surface area contributed by atoms with E-state index in [1.807, 2.05) is 34.0 Å². The minimum Gasteiger partial charge on any atom is -0.308 e. The number of hydrogen-bond donors (Lipinski definition) is 0. The first-order chi connectivity index (χ1) is 35.7. The predicted octanol–water partition coefficient (Wildman–Crippen LogP) is 19.0. The second-order valence-electron chi connectivity index (χ2n) is 18.6. The van der Waals surface area contributed by atoms with Crippen molar-refractivity contribution in [2.24, 2.45) is 0 Å². The molecule has 0 bridgehead atoms. The fourth-order valence-corrected chi connectivity index (χ4v) is 14.7. The first-order valence-corrected chi connectivity index (χ1v) is 26.6. The summed E-state index contributed by atoms with van der Waals surface area (Å²) in [6.07, 6.45) is 0. The van der Waals surface area contributed by atoms with Crippen molar-refractivity contribution in [3.8, 4) is 51.0 Å². The van der Waals surface area contributed by atoms with E-state index in [9.17, 15) is 0 Å². The maximum absolute atomic E-state index is 5.53. The summed E-state index contributed by atoms with van der Waals surface area (Å²) in [5.41, 5.74) is 8.54. The van der Waals surface area contributed by atoms with Gasteiger partial charge in [0.05, 0.1) is 16.7 Å². The Hall–Kier alpha value is -8.59. The van der Waals surface area contributed by atoms with Crippen LogP contribution < -0.4 is 0 Å². The number of benzene rings is 11. The van der Waals surface area contributed by atoms with E-state index < -0.39 is 0 Å². The lowest BCUT2D eigenvalue weighted by Gasteiger charge is -2.17. The van der Waals surface area contributed by atoms with Crippen molar-refractivity contribution in [3.05, 3.63) is 218 Å². The molecule has 334 valence electrons. The molecule has 0 radical (unpaired) electrons. The van der Waals surface area contributed by atoms with Gasteiger partial charge < -0.3 is 4.57 Å². The van der Waals surface area contributed by atoms with Gasteiger partial charge in [0.1, 0.15) is 0 Å². The van der Waals surface area contributed by atoms with Crippen LogP contribution in [0.3, 0.4) is 0 Å². The molecule has 0 aliphatic heterocycles. The van der Waals surface area contributed by atoms with Gasteiger partial charge >= 0.3 is 0 Å². The van der Waals surface area contributed by atoms with Crippen LogP contribution in [0.25, 0.3) is 155 Å². The molecule has 0 fully saturated rings. The summed E-state index contributed by atoms with van der Waals surface area (Å²) in [6.45, 7) is 0. The van der Waals surface area contributed by atoms with Gasteiger partial charge in [0.25, 0.3) is 0 Å². The summed E-state index contributed by atoms with van der Waals surface area (Å²) in [4.78, 5) is 16.5. The highest BCUT2D eigenvalue weighted by molar-refractivity contribution is 7.26. The Labute approximate surface area is 424 Å². The van der Waals surface area contributed by atoms with Crippen LogP contribution in [0, 0.1) is 0 Å². The largest absolute Gasteiger partial charge is 0.308 e. The van der Waals surface area contributed by atoms with E-state index in [4.69, 9.17) is 15.0 Å². The van der Waals surface area contributed by atoms with Gasteiger partial charge in [0.2, 0.25) is 0 Å². The molecule has 11 aromatic carbocycles. The number of aromatic nitrogens is 4. The van der Waals surface area contributed by atoms with Crippen molar-refractivity contribution >= 4 is 138 Å². The average Bonchev–Trinajstić information content (AvgIpc) is 4.21. The van der Waals surface area contributed by atoms with Crippen molar-refractivity contribution in [1.82, 2.24) is 19.5 Å². The number of rotatable bonds is 5. The lowest BCUT2D eigenvalue weighted by atomic mass is 9.98. The van der Waals surface area contributed by atoms with E-state index in [1.54, 1.807) is 0 Å². The van der Waals surface area contributed by atoms with Crippen LogP contribution in [0.5, 0.6) is 0 Å². The second kappa shape index (κ2) is 15.5. The van der Waals surface area contributed by atoms with E-state index >= 15 is 0 Å². The molecule has 0 spiro atoms. The van der Waals surface area contributed by atoms with Gasteiger partial charge in [-0.2, -0.15) is 0 Å². The average molecular weight is 969 g/mol. The Balaban J connectivity index is 1.01. The third-order valence-corrected chi connectivity index (χ3v) is 18.0. The zero-order valence-corrected chi connectivity index (χ0v) is 40.7. The van der Waals surface area contributed by atoms with Crippen LogP contribution >= 0.6 is 34.0 Å². The SMILES string of the molecule is c1ccc2cc3c(cc2c1)c1ccc2ccccc2c1n3-c1ccc(-c2nc(-c3cccc4sc5ccccc5c34)nc(-c3cccc4sc5ccccc5c34)n2)cc1-c1ccc2sc3ccccc3c2c1. The fourth-order valence-electron chi connectivity index (χ4n) is 11.4. The van der Waals surface area contributed by atoms with Gasteiger partial charge in [-0.25, -0.2) is 15.0 Å². The molecule has 0 aliphatic rings. The minimum atomic E-state index is 0.622. The van der Waals surface area contributed by atoms with Crippen molar-refractivity contribution in [2.45, 2.75) is 0 Å². The highest BCUT2D eigenvalue weighted by Crippen LogP contribution is 2.46. The standard InChI is InChI=1S/C65H36N4S3/c1-2-15-39-36-53-50(33-38(39)14-1)44-30-27-37-13-3-4-16-42(37)62(44)69(53)52-31-28-41(35-49(52)40-29-32-57-51(34-40)43-17-5-8-22-54(43)70-57)63-66-64(47-20-11-25-58-60(47)45-18-6-9-23-55(45)71-58)68-65(67-63)48-21-12-26-59-61(48)46-19-7-10-24-56(46)72-59/h1-36H. The normalized spacial score (nSPS) is 12.2. The predicted molar refractivity (Wildman–Crippen MR) is 310 cm³/mol. The molecule has 5 aromatic heterocycles. The summed E-state index contributed by atoms with van der Waals surface area (Å²) in [6, 6.07) is 79.9. The third-order valence-electron chi connectivity index (χ3n) is 14.6. The first kappa shape index (κ1) is 40.2. The quantitative estimate of drug-likeness (QED) is 0.173. The minimum absolute atomic E-state index is 0.622. The van der Waals surface area contributed by atoms with Crippen molar-refractivity contribution in [2.75, 3.05) is 0 Å². The lowest BCUT2D eigenvalue weighted by molar-refractivity contribution is 1.08. The van der Waals surface area contributed by atoms with E-state index in [0.29, 0.717) is 17.5 Å². The van der Waals surface area contributed by atoms with Gasteiger partial charge in [0.15, 0.2) is 17.5 Å². The molecule has 16 rings (SSSR count). The van der Waals surface area contributed by atoms with Gasteiger partial charge in [-0.1, -0.05) is 146 Å². The van der Waals surface area contributed by atoms with Crippen LogP contribution in [0.15, 0.2) is 218 Å². The molecule has 0 saturated heterocycles. The number of hydrogen-bond acceptors (Lipinski definition) is 6. The number of fused-ring (bicyclic) bond motifs is 15. The molecular formula is C65H36N4S3. The summed E-state index contributed by atoms with van der Waals surface area (Å²) < 4.78 is 9.96. The number of thiophene rings is 3.